The van der Waals surface area contributed by atoms with Gasteiger partial charge in [-0.05, 0) is 50.4 Å². The number of halogens is 2. The summed E-state index contributed by atoms with van der Waals surface area (Å²) in [6.45, 7) is 4.89. The van der Waals surface area contributed by atoms with Crippen LogP contribution in [-0.2, 0) is 6.42 Å². The Balaban J connectivity index is 0.00000156. The normalized spacial score (nSPS) is 16.0. The summed E-state index contributed by atoms with van der Waals surface area (Å²) in [5, 5.41) is 10.7. The number of carbonyl (C=O) groups is 1. The van der Waals surface area contributed by atoms with Gasteiger partial charge >= 0.3 is 0 Å². The van der Waals surface area contributed by atoms with E-state index in [0.29, 0.717) is 18.0 Å². The minimum atomic E-state index is -0.0463. The van der Waals surface area contributed by atoms with Crippen LogP contribution in [0.2, 0.25) is 0 Å². The maximum absolute atomic E-state index is 12.4. The largest absolute Gasteiger partial charge is 0.352 e. The fraction of sp³-hybridized carbons (Fsp3) is 0.471. The summed E-state index contributed by atoms with van der Waals surface area (Å²) in [7, 11) is 0. The summed E-state index contributed by atoms with van der Waals surface area (Å²) in [4.78, 5) is 16.7. The van der Waals surface area contributed by atoms with Gasteiger partial charge in [0.15, 0.2) is 5.82 Å². The third-order valence-corrected chi connectivity index (χ3v) is 4.32. The van der Waals surface area contributed by atoms with E-state index in [2.05, 4.69) is 20.7 Å². The van der Waals surface area contributed by atoms with E-state index in [9.17, 15) is 4.79 Å². The predicted molar refractivity (Wildman–Crippen MR) is 103 cm³/mol. The highest BCUT2D eigenvalue weighted by Gasteiger charge is 2.18. The molecular formula is C17H25Cl2N5O. The van der Waals surface area contributed by atoms with E-state index in [1.807, 2.05) is 25.1 Å². The van der Waals surface area contributed by atoms with Crippen LogP contribution in [0.5, 0.6) is 0 Å². The van der Waals surface area contributed by atoms with Crippen molar-refractivity contribution in [1.29, 1.82) is 0 Å². The molecular weight excluding hydrogens is 361 g/mol. The molecule has 25 heavy (non-hydrogen) atoms. The predicted octanol–water partition coefficient (Wildman–Crippen LogP) is 2.40. The van der Waals surface area contributed by atoms with E-state index in [-0.39, 0.29) is 30.7 Å². The van der Waals surface area contributed by atoms with Crippen LogP contribution in [0.3, 0.4) is 0 Å². The highest BCUT2D eigenvalue weighted by Crippen LogP contribution is 2.15. The number of hydrogen-bond acceptors (Lipinski definition) is 4. The molecule has 3 heterocycles. The minimum Gasteiger partial charge on any atom is -0.352 e. The van der Waals surface area contributed by atoms with E-state index in [1.54, 1.807) is 17.1 Å². The van der Waals surface area contributed by atoms with Gasteiger partial charge in [0.1, 0.15) is 0 Å². The number of hydrogen-bond donors (Lipinski definition) is 2. The molecule has 0 radical (unpaired) electrons. The molecule has 3 rings (SSSR count). The van der Waals surface area contributed by atoms with Gasteiger partial charge in [-0.1, -0.05) is 13.0 Å². The van der Waals surface area contributed by atoms with Crippen molar-refractivity contribution in [3.63, 3.8) is 0 Å². The number of amides is 1. The van der Waals surface area contributed by atoms with Gasteiger partial charge in [-0.2, -0.15) is 5.10 Å². The van der Waals surface area contributed by atoms with Crippen molar-refractivity contribution in [3.05, 3.63) is 41.9 Å². The molecule has 1 aliphatic rings. The number of nitrogens with one attached hydrogen (secondary N) is 2. The quantitative estimate of drug-likeness (QED) is 0.800. The number of aromatic nitrogens is 3. The molecule has 0 aromatic carbocycles. The highest BCUT2D eigenvalue weighted by atomic mass is 35.5. The van der Waals surface area contributed by atoms with Crippen molar-refractivity contribution in [2.75, 3.05) is 19.6 Å². The molecule has 1 aliphatic heterocycles. The molecule has 138 valence electrons. The third kappa shape index (κ3) is 5.17. The van der Waals surface area contributed by atoms with Gasteiger partial charge in [0, 0.05) is 12.7 Å². The van der Waals surface area contributed by atoms with E-state index >= 15 is 0 Å². The van der Waals surface area contributed by atoms with Crippen LogP contribution < -0.4 is 10.6 Å². The standard InChI is InChI=1S/C17H23N5O.2ClH/c1-2-15-14(12-21-22(15)16-5-3-4-8-19-16)17(23)20-10-7-13-6-9-18-11-13;;/h3-5,8,12-13,18H,2,6-7,9-11H2,1H3,(H,20,23);2*1H. The topological polar surface area (TPSA) is 71.8 Å². The molecule has 6 nitrogen and oxygen atoms in total. The van der Waals surface area contributed by atoms with E-state index < -0.39 is 0 Å². The minimum absolute atomic E-state index is 0. The molecule has 0 aliphatic carbocycles. The molecule has 1 saturated heterocycles. The Morgan fingerprint density at radius 3 is 2.88 bits per heavy atom. The van der Waals surface area contributed by atoms with Gasteiger partial charge < -0.3 is 10.6 Å². The Kier molecular flexibility index (Phi) is 8.89. The van der Waals surface area contributed by atoms with Gasteiger partial charge in [-0.25, -0.2) is 9.67 Å². The SMILES string of the molecule is CCc1c(C(=O)NCCC2CCNC2)cnn1-c1ccccn1.Cl.Cl. The maximum atomic E-state index is 12.4. The number of pyridine rings is 1. The van der Waals surface area contributed by atoms with Crippen molar-refractivity contribution >= 4 is 30.7 Å². The molecule has 0 bridgehead atoms. The fourth-order valence-electron chi connectivity index (χ4n) is 3.03. The van der Waals surface area contributed by atoms with E-state index in [4.69, 9.17) is 0 Å². The van der Waals surface area contributed by atoms with E-state index in [0.717, 1.165) is 37.4 Å². The summed E-state index contributed by atoms with van der Waals surface area (Å²) in [6, 6.07) is 5.67. The van der Waals surface area contributed by atoms with Crippen LogP contribution >= 0.6 is 24.8 Å². The maximum Gasteiger partial charge on any atom is 0.254 e. The number of carbonyl (C=O) groups excluding carboxylic acids is 1. The van der Waals surface area contributed by atoms with Crippen molar-refractivity contribution in [3.8, 4) is 5.82 Å². The zero-order chi connectivity index (χ0) is 16.1. The van der Waals surface area contributed by atoms with Crippen molar-refractivity contribution in [2.24, 2.45) is 5.92 Å². The monoisotopic (exact) mass is 385 g/mol. The van der Waals surface area contributed by atoms with Gasteiger partial charge in [-0.15, -0.1) is 24.8 Å². The Bertz CT molecular complexity index is 656. The molecule has 1 amide bonds. The molecule has 1 unspecified atom stereocenters. The molecule has 1 fully saturated rings. The van der Waals surface area contributed by atoms with Crippen molar-refractivity contribution in [1.82, 2.24) is 25.4 Å². The average molecular weight is 386 g/mol. The van der Waals surface area contributed by atoms with Crippen LogP contribution in [0.15, 0.2) is 30.6 Å². The first-order valence-corrected chi connectivity index (χ1v) is 8.26. The molecule has 8 heteroatoms. The molecule has 0 saturated carbocycles. The Morgan fingerprint density at radius 1 is 1.40 bits per heavy atom. The second kappa shape index (κ2) is 10.4. The smallest absolute Gasteiger partial charge is 0.254 e. The van der Waals surface area contributed by atoms with Crippen LogP contribution in [0.1, 0.15) is 35.8 Å². The molecule has 1 atom stereocenters. The van der Waals surface area contributed by atoms with Crippen LogP contribution in [-0.4, -0.2) is 40.3 Å². The second-order valence-electron chi connectivity index (χ2n) is 5.86. The third-order valence-electron chi connectivity index (χ3n) is 4.32. The molecule has 2 aromatic heterocycles. The Morgan fingerprint density at radius 2 is 2.24 bits per heavy atom. The first-order valence-electron chi connectivity index (χ1n) is 8.26. The molecule has 0 spiro atoms. The fourth-order valence-corrected chi connectivity index (χ4v) is 3.03. The first-order chi connectivity index (χ1) is 11.3. The van der Waals surface area contributed by atoms with E-state index in [1.165, 1.54) is 6.42 Å². The van der Waals surface area contributed by atoms with Crippen LogP contribution in [0.25, 0.3) is 5.82 Å². The number of rotatable bonds is 6. The lowest BCUT2D eigenvalue weighted by Gasteiger charge is -2.10. The lowest BCUT2D eigenvalue weighted by Crippen LogP contribution is -2.27. The van der Waals surface area contributed by atoms with Gasteiger partial charge in [0.2, 0.25) is 0 Å². The van der Waals surface area contributed by atoms with Crippen LogP contribution in [0, 0.1) is 5.92 Å². The van der Waals surface area contributed by atoms with Gasteiger partial charge in [0.25, 0.3) is 5.91 Å². The Labute approximate surface area is 160 Å². The summed E-state index contributed by atoms with van der Waals surface area (Å²) in [6.07, 6.45) is 6.32. The first kappa shape index (κ1) is 21.4. The average Bonchev–Trinajstić information content (AvgIpc) is 3.24. The summed E-state index contributed by atoms with van der Waals surface area (Å²) in [5.41, 5.74) is 1.53. The summed E-state index contributed by atoms with van der Waals surface area (Å²) < 4.78 is 1.75. The lowest BCUT2D eigenvalue weighted by molar-refractivity contribution is 0.0950. The number of nitrogens with zero attached hydrogens (tertiary/aromatic N) is 3. The summed E-state index contributed by atoms with van der Waals surface area (Å²) >= 11 is 0. The molecule has 2 N–H and O–H groups in total. The summed E-state index contributed by atoms with van der Waals surface area (Å²) in [5.74, 6) is 1.37. The Hall–Kier alpha value is -1.63. The second-order valence-corrected chi connectivity index (χ2v) is 5.86. The zero-order valence-electron chi connectivity index (χ0n) is 14.3. The lowest BCUT2D eigenvalue weighted by atomic mass is 10.1. The van der Waals surface area contributed by atoms with Crippen LogP contribution in [0.4, 0.5) is 0 Å². The highest BCUT2D eigenvalue weighted by molar-refractivity contribution is 5.95. The van der Waals surface area contributed by atoms with Crippen molar-refractivity contribution in [2.45, 2.75) is 26.2 Å². The van der Waals surface area contributed by atoms with Crippen molar-refractivity contribution < 1.29 is 4.79 Å². The van der Waals surface area contributed by atoms with Gasteiger partial charge in [-0.3, -0.25) is 4.79 Å². The zero-order valence-corrected chi connectivity index (χ0v) is 15.9. The van der Waals surface area contributed by atoms with Gasteiger partial charge in [0.05, 0.1) is 17.5 Å². The molecule has 2 aromatic rings.